The number of rotatable bonds is 17. The van der Waals surface area contributed by atoms with E-state index >= 15 is 0 Å². The summed E-state index contributed by atoms with van der Waals surface area (Å²) in [6.07, 6.45) is 13.4. The number of aryl methyl sites for hydroxylation is 1. The van der Waals surface area contributed by atoms with Gasteiger partial charge in [0.25, 0.3) is 5.56 Å². The zero-order valence-corrected chi connectivity index (χ0v) is 20.5. The van der Waals surface area contributed by atoms with E-state index in [1.54, 1.807) is 4.57 Å². The second kappa shape index (κ2) is 14.8. The second-order valence-electron chi connectivity index (χ2n) is 8.69. The fraction of sp³-hybridized carbons (Fsp3) is 0.667. The molecule has 0 amide bonds. The molecule has 0 bridgehead atoms. The van der Waals surface area contributed by atoms with Crippen LogP contribution in [0.4, 0.5) is 0 Å². The van der Waals surface area contributed by atoms with Crippen molar-refractivity contribution in [3.8, 4) is 17.2 Å². The van der Waals surface area contributed by atoms with Gasteiger partial charge < -0.3 is 19.1 Å². The van der Waals surface area contributed by atoms with E-state index in [4.69, 9.17) is 9.47 Å². The SMILES string of the molecule is CCCCCCCCOc1ccc2c(O)c(OCCCCCC)c(=O)n(CCCC)c2c1. The van der Waals surface area contributed by atoms with Crippen molar-refractivity contribution >= 4 is 10.9 Å². The first-order valence-corrected chi connectivity index (χ1v) is 12.8. The summed E-state index contributed by atoms with van der Waals surface area (Å²) in [7, 11) is 0. The summed E-state index contributed by atoms with van der Waals surface area (Å²) in [4.78, 5) is 13.2. The van der Waals surface area contributed by atoms with Gasteiger partial charge in [-0.05, 0) is 31.4 Å². The van der Waals surface area contributed by atoms with Crippen LogP contribution in [0.15, 0.2) is 23.0 Å². The molecule has 1 aromatic heterocycles. The summed E-state index contributed by atoms with van der Waals surface area (Å²) >= 11 is 0. The molecule has 0 atom stereocenters. The molecule has 2 aromatic rings. The summed E-state index contributed by atoms with van der Waals surface area (Å²) in [5.74, 6) is 0.755. The van der Waals surface area contributed by atoms with Crippen molar-refractivity contribution in [1.29, 1.82) is 0 Å². The minimum absolute atomic E-state index is 0.0595. The average molecular weight is 446 g/mol. The number of ether oxygens (including phenoxy) is 2. The number of aromatic nitrogens is 1. The third kappa shape index (κ3) is 7.75. The van der Waals surface area contributed by atoms with Crippen molar-refractivity contribution in [2.24, 2.45) is 0 Å². The smallest absolute Gasteiger partial charge is 0.297 e. The highest BCUT2D eigenvalue weighted by Gasteiger charge is 2.18. The monoisotopic (exact) mass is 445 g/mol. The van der Waals surface area contributed by atoms with E-state index in [0.717, 1.165) is 50.7 Å². The van der Waals surface area contributed by atoms with E-state index in [-0.39, 0.29) is 17.1 Å². The molecule has 1 aromatic carbocycles. The topological polar surface area (TPSA) is 60.7 Å². The maximum absolute atomic E-state index is 13.2. The number of aromatic hydroxyl groups is 1. The van der Waals surface area contributed by atoms with Gasteiger partial charge in [-0.2, -0.15) is 0 Å². The Hall–Kier alpha value is -2.17. The first-order chi connectivity index (χ1) is 15.6. The molecule has 0 aliphatic carbocycles. The van der Waals surface area contributed by atoms with Gasteiger partial charge in [0.1, 0.15) is 5.75 Å². The Morgan fingerprint density at radius 1 is 0.781 bits per heavy atom. The number of unbranched alkanes of at least 4 members (excludes halogenated alkanes) is 9. The van der Waals surface area contributed by atoms with Crippen LogP contribution in [0.1, 0.15) is 97.8 Å². The van der Waals surface area contributed by atoms with E-state index in [1.807, 2.05) is 18.2 Å². The lowest BCUT2D eigenvalue weighted by atomic mass is 10.1. The first kappa shape index (κ1) is 26.1. The fourth-order valence-electron chi connectivity index (χ4n) is 3.92. The van der Waals surface area contributed by atoms with Gasteiger partial charge in [-0.1, -0.05) is 78.6 Å². The van der Waals surface area contributed by atoms with Crippen molar-refractivity contribution in [3.63, 3.8) is 0 Å². The summed E-state index contributed by atoms with van der Waals surface area (Å²) in [6.45, 7) is 8.20. The molecule has 0 aliphatic rings. The Bertz CT molecular complexity index is 859. The van der Waals surface area contributed by atoms with Crippen LogP contribution >= 0.6 is 0 Å². The van der Waals surface area contributed by atoms with Crippen LogP contribution in [-0.2, 0) is 6.54 Å². The molecule has 5 heteroatoms. The minimum Gasteiger partial charge on any atom is -0.504 e. The largest absolute Gasteiger partial charge is 0.504 e. The van der Waals surface area contributed by atoms with E-state index < -0.39 is 0 Å². The highest BCUT2D eigenvalue weighted by atomic mass is 16.5. The van der Waals surface area contributed by atoms with Crippen molar-refractivity contribution < 1.29 is 14.6 Å². The molecule has 0 saturated carbocycles. The normalized spacial score (nSPS) is 11.2. The summed E-state index contributed by atoms with van der Waals surface area (Å²) in [6, 6.07) is 5.60. The standard InChI is InChI=1S/C27H43NO4/c1-4-7-10-12-13-15-19-31-22-16-17-23-24(21-22)28(18-9-6-3)27(30)26(25(23)29)32-20-14-11-8-5-2/h16-17,21,29H,4-15,18-20H2,1-3H3. The lowest BCUT2D eigenvalue weighted by Crippen LogP contribution is -2.23. The van der Waals surface area contributed by atoms with Crippen LogP contribution in [0, 0.1) is 0 Å². The van der Waals surface area contributed by atoms with Gasteiger partial charge in [0.05, 0.1) is 18.7 Å². The van der Waals surface area contributed by atoms with Gasteiger partial charge in [0, 0.05) is 18.0 Å². The zero-order valence-electron chi connectivity index (χ0n) is 20.5. The molecule has 0 aliphatic heterocycles. The molecular weight excluding hydrogens is 402 g/mol. The van der Waals surface area contributed by atoms with E-state index in [1.165, 1.54) is 32.1 Å². The predicted octanol–water partition coefficient (Wildman–Crippen LogP) is 7.21. The Balaban J connectivity index is 2.16. The van der Waals surface area contributed by atoms with Crippen LogP contribution in [0.5, 0.6) is 17.2 Å². The second-order valence-corrected chi connectivity index (χ2v) is 8.69. The van der Waals surface area contributed by atoms with Crippen LogP contribution in [0.3, 0.4) is 0 Å². The van der Waals surface area contributed by atoms with Crippen molar-refractivity contribution in [1.82, 2.24) is 4.57 Å². The molecule has 0 saturated heterocycles. The van der Waals surface area contributed by atoms with Crippen LogP contribution < -0.4 is 15.0 Å². The van der Waals surface area contributed by atoms with Gasteiger partial charge in [0.15, 0.2) is 5.75 Å². The quantitative estimate of drug-likeness (QED) is 0.261. The Morgan fingerprint density at radius 2 is 1.38 bits per heavy atom. The van der Waals surface area contributed by atoms with E-state index in [0.29, 0.717) is 30.7 Å². The highest BCUT2D eigenvalue weighted by molar-refractivity contribution is 5.88. The molecule has 32 heavy (non-hydrogen) atoms. The van der Waals surface area contributed by atoms with Crippen molar-refractivity contribution in [2.75, 3.05) is 13.2 Å². The lowest BCUT2D eigenvalue weighted by Gasteiger charge is -2.16. The molecule has 2 rings (SSSR count). The molecule has 1 N–H and O–H groups in total. The average Bonchev–Trinajstić information content (AvgIpc) is 2.80. The lowest BCUT2D eigenvalue weighted by molar-refractivity contribution is 0.284. The number of pyridine rings is 1. The molecular formula is C27H43NO4. The summed E-state index contributed by atoms with van der Waals surface area (Å²) < 4.78 is 13.5. The highest BCUT2D eigenvalue weighted by Crippen LogP contribution is 2.33. The third-order valence-electron chi connectivity index (χ3n) is 5.92. The molecule has 1 heterocycles. The number of hydrogen-bond acceptors (Lipinski definition) is 4. The Labute approximate surface area is 193 Å². The number of fused-ring (bicyclic) bond motifs is 1. The van der Waals surface area contributed by atoms with Gasteiger partial charge >= 0.3 is 0 Å². The Morgan fingerprint density at radius 3 is 2.06 bits per heavy atom. The number of benzene rings is 1. The number of hydrogen-bond donors (Lipinski definition) is 1. The summed E-state index contributed by atoms with van der Waals surface area (Å²) in [5.41, 5.74) is 0.451. The molecule has 5 nitrogen and oxygen atoms in total. The summed E-state index contributed by atoms with van der Waals surface area (Å²) in [5, 5.41) is 11.4. The van der Waals surface area contributed by atoms with Gasteiger partial charge in [0.2, 0.25) is 5.75 Å². The number of nitrogens with zero attached hydrogens (tertiary/aromatic N) is 1. The molecule has 0 radical (unpaired) electrons. The van der Waals surface area contributed by atoms with Crippen LogP contribution in [0.2, 0.25) is 0 Å². The maximum Gasteiger partial charge on any atom is 0.297 e. The van der Waals surface area contributed by atoms with Crippen LogP contribution in [-0.4, -0.2) is 22.9 Å². The first-order valence-electron chi connectivity index (χ1n) is 12.8. The van der Waals surface area contributed by atoms with Crippen molar-refractivity contribution in [3.05, 3.63) is 28.6 Å². The maximum atomic E-state index is 13.2. The van der Waals surface area contributed by atoms with Gasteiger partial charge in [-0.25, -0.2) is 0 Å². The molecule has 180 valence electrons. The molecule has 0 spiro atoms. The van der Waals surface area contributed by atoms with E-state index in [9.17, 15) is 9.90 Å². The van der Waals surface area contributed by atoms with E-state index in [2.05, 4.69) is 20.8 Å². The zero-order chi connectivity index (χ0) is 23.2. The minimum atomic E-state index is -0.257. The van der Waals surface area contributed by atoms with Gasteiger partial charge in [-0.3, -0.25) is 4.79 Å². The van der Waals surface area contributed by atoms with Crippen molar-refractivity contribution in [2.45, 2.75) is 104 Å². The third-order valence-corrected chi connectivity index (χ3v) is 5.92. The Kier molecular flexibility index (Phi) is 12.1. The molecule has 0 unspecified atom stereocenters. The fourth-order valence-corrected chi connectivity index (χ4v) is 3.92. The van der Waals surface area contributed by atoms with Crippen LogP contribution in [0.25, 0.3) is 10.9 Å². The predicted molar refractivity (Wildman–Crippen MR) is 133 cm³/mol. The molecule has 0 fully saturated rings. The van der Waals surface area contributed by atoms with Gasteiger partial charge in [-0.15, -0.1) is 0 Å².